The molecule has 0 amide bonds. The van der Waals surface area contributed by atoms with E-state index in [1.165, 1.54) is 12.1 Å². The quantitative estimate of drug-likeness (QED) is 0.594. The Bertz CT molecular complexity index is 240. The van der Waals surface area contributed by atoms with E-state index in [0.29, 0.717) is 7.28 Å². The van der Waals surface area contributed by atoms with Gasteiger partial charge in [0.1, 0.15) is 0 Å². The van der Waals surface area contributed by atoms with Gasteiger partial charge in [0.25, 0.3) is 0 Å². The lowest BCUT2D eigenvalue weighted by Gasteiger charge is -2.26. The fourth-order valence-electron chi connectivity index (χ4n) is 0.983. The molecule has 1 heterocycles. The van der Waals surface area contributed by atoms with Gasteiger partial charge in [-0.1, -0.05) is 6.08 Å². The van der Waals surface area contributed by atoms with Crippen LogP contribution < -0.4 is 0 Å². The smallest absolute Gasteiger partial charge is 0.376 e. The van der Waals surface area contributed by atoms with Crippen LogP contribution in [-0.4, -0.2) is 24.2 Å². The van der Waals surface area contributed by atoms with Gasteiger partial charge in [0.05, 0.1) is 0 Å². The van der Waals surface area contributed by atoms with E-state index in [2.05, 4.69) is 0 Å². The molecule has 0 aromatic heterocycles. The maximum absolute atomic E-state index is 12.2. The molecule has 1 nitrogen and oxygen atoms in total. The minimum absolute atomic E-state index is 0.0741. The predicted molar refractivity (Wildman–Crippen MR) is 41.1 cm³/mol. The molecule has 0 bridgehead atoms. The molecule has 0 radical (unpaired) electrons. The lowest BCUT2D eigenvalue weighted by molar-refractivity contribution is -0.235. The Kier molecular flexibility index (Phi) is 2.08. The predicted octanol–water partition coefficient (Wildman–Crippen LogP) is 1.15. The summed E-state index contributed by atoms with van der Waals surface area (Å²) in [7, 11) is 0.460. The summed E-state index contributed by atoms with van der Waals surface area (Å²) in [6.45, 7) is 0.758. The standard InChI is InChI=1S/C7H8BF3O/c1-6(12,7(9,10)11)5-2-3-8-4-5/h2-4,8,12H,1H3. The molecule has 5 heteroatoms. The summed E-state index contributed by atoms with van der Waals surface area (Å²) in [6.07, 6.45) is -3.30. The first-order valence-electron chi connectivity index (χ1n) is 3.52. The molecule has 1 aliphatic heterocycles. The average molecular weight is 176 g/mol. The zero-order chi connectivity index (χ0) is 9.41. The third-order valence-corrected chi connectivity index (χ3v) is 1.89. The van der Waals surface area contributed by atoms with E-state index >= 15 is 0 Å². The van der Waals surface area contributed by atoms with Gasteiger partial charge in [0.15, 0.2) is 12.9 Å². The molecule has 1 N–H and O–H groups in total. The number of alkyl halides is 3. The average Bonchev–Trinajstić information content (AvgIpc) is 2.34. The van der Waals surface area contributed by atoms with E-state index in [1.54, 1.807) is 5.98 Å². The molecule has 0 spiro atoms. The third kappa shape index (κ3) is 1.41. The minimum Gasteiger partial charge on any atom is -0.376 e. The van der Waals surface area contributed by atoms with Crippen molar-refractivity contribution in [3.8, 4) is 0 Å². The van der Waals surface area contributed by atoms with Gasteiger partial charge in [-0.05, 0) is 12.5 Å². The monoisotopic (exact) mass is 176 g/mol. The Morgan fingerprint density at radius 3 is 2.33 bits per heavy atom. The topological polar surface area (TPSA) is 20.2 Å². The van der Waals surface area contributed by atoms with Gasteiger partial charge in [-0.3, -0.25) is 0 Å². The van der Waals surface area contributed by atoms with Crippen molar-refractivity contribution in [2.45, 2.75) is 18.7 Å². The van der Waals surface area contributed by atoms with Gasteiger partial charge in [-0.25, -0.2) is 0 Å². The van der Waals surface area contributed by atoms with Crippen molar-refractivity contribution < 1.29 is 18.3 Å². The molecule has 1 unspecified atom stereocenters. The van der Waals surface area contributed by atoms with Gasteiger partial charge in [-0.15, -0.1) is 12.0 Å². The Morgan fingerprint density at radius 2 is 2.00 bits per heavy atom. The molecule has 0 aromatic carbocycles. The summed E-state index contributed by atoms with van der Waals surface area (Å²) in [5.41, 5.74) is -2.78. The normalized spacial score (nSPS) is 21.6. The van der Waals surface area contributed by atoms with Crippen LogP contribution in [0.25, 0.3) is 0 Å². The molecule has 0 fully saturated rings. The van der Waals surface area contributed by atoms with Crippen LogP contribution in [0.15, 0.2) is 23.6 Å². The minimum atomic E-state index is -4.60. The maximum Gasteiger partial charge on any atom is 0.421 e. The number of aliphatic hydroxyl groups is 1. The second-order valence-electron chi connectivity index (χ2n) is 2.87. The second-order valence-corrected chi connectivity index (χ2v) is 2.87. The van der Waals surface area contributed by atoms with Gasteiger partial charge in [0, 0.05) is 0 Å². The Hall–Kier alpha value is -0.705. The van der Waals surface area contributed by atoms with Crippen molar-refractivity contribution in [2.75, 3.05) is 0 Å². The van der Waals surface area contributed by atoms with E-state index in [4.69, 9.17) is 5.11 Å². The maximum atomic E-state index is 12.2. The van der Waals surface area contributed by atoms with Crippen LogP contribution in [0.4, 0.5) is 13.2 Å². The van der Waals surface area contributed by atoms with E-state index < -0.39 is 11.8 Å². The van der Waals surface area contributed by atoms with Gasteiger partial charge < -0.3 is 5.11 Å². The van der Waals surface area contributed by atoms with Crippen molar-refractivity contribution in [2.24, 2.45) is 0 Å². The summed E-state index contributed by atoms with van der Waals surface area (Å²) in [5.74, 6) is 2.95. The van der Waals surface area contributed by atoms with Crippen LogP contribution in [0.3, 0.4) is 0 Å². The number of halogens is 3. The van der Waals surface area contributed by atoms with E-state index in [1.807, 2.05) is 0 Å². The van der Waals surface area contributed by atoms with Crippen LogP contribution in [0.1, 0.15) is 6.92 Å². The highest BCUT2D eigenvalue weighted by Gasteiger charge is 2.51. The van der Waals surface area contributed by atoms with E-state index in [-0.39, 0.29) is 5.57 Å². The first-order valence-corrected chi connectivity index (χ1v) is 3.52. The van der Waals surface area contributed by atoms with E-state index in [9.17, 15) is 13.2 Å². The SMILES string of the molecule is CC(O)(C1=CBC=C1)C(F)(F)F. The zero-order valence-corrected chi connectivity index (χ0v) is 6.52. The molecular formula is C7H8BF3O. The zero-order valence-electron chi connectivity index (χ0n) is 6.52. The fourth-order valence-corrected chi connectivity index (χ4v) is 0.983. The fraction of sp³-hybridized carbons (Fsp3) is 0.429. The molecular weight excluding hydrogens is 168 g/mol. The Balaban J connectivity index is 2.92. The molecule has 0 saturated carbocycles. The van der Waals surface area contributed by atoms with Crippen LogP contribution in [0, 0.1) is 0 Å². The second kappa shape index (κ2) is 2.66. The number of hydrogen-bond acceptors (Lipinski definition) is 1. The van der Waals surface area contributed by atoms with Crippen molar-refractivity contribution >= 4 is 7.28 Å². The van der Waals surface area contributed by atoms with Crippen LogP contribution in [-0.2, 0) is 0 Å². The van der Waals surface area contributed by atoms with Gasteiger partial charge in [0.2, 0.25) is 0 Å². The number of hydrogen-bond donors (Lipinski definition) is 1. The van der Waals surface area contributed by atoms with Crippen LogP contribution >= 0.6 is 0 Å². The van der Waals surface area contributed by atoms with Crippen molar-refractivity contribution in [1.82, 2.24) is 0 Å². The van der Waals surface area contributed by atoms with Crippen molar-refractivity contribution in [3.05, 3.63) is 23.6 Å². The summed E-state index contributed by atoms with van der Waals surface area (Å²) in [4.78, 5) is 0. The molecule has 0 aromatic rings. The molecule has 1 rings (SSSR count). The van der Waals surface area contributed by atoms with Crippen molar-refractivity contribution in [1.29, 1.82) is 0 Å². The summed E-state index contributed by atoms with van der Waals surface area (Å²) >= 11 is 0. The summed E-state index contributed by atoms with van der Waals surface area (Å²) in [6, 6.07) is 0. The summed E-state index contributed by atoms with van der Waals surface area (Å²) in [5, 5.41) is 9.11. The lowest BCUT2D eigenvalue weighted by atomic mass is 9.81. The van der Waals surface area contributed by atoms with Crippen molar-refractivity contribution in [3.63, 3.8) is 0 Å². The highest BCUT2D eigenvalue weighted by molar-refractivity contribution is 6.49. The molecule has 12 heavy (non-hydrogen) atoms. The Labute approximate surface area is 68.8 Å². The van der Waals surface area contributed by atoms with Gasteiger partial charge >= 0.3 is 6.18 Å². The first kappa shape index (κ1) is 9.38. The highest BCUT2D eigenvalue weighted by atomic mass is 19.4. The van der Waals surface area contributed by atoms with E-state index in [0.717, 1.165) is 6.92 Å². The molecule has 66 valence electrons. The number of rotatable bonds is 1. The molecule has 1 atom stereocenters. The molecule has 1 aliphatic rings. The molecule has 0 aliphatic carbocycles. The molecule has 0 saturated heterocycles. The van der Waals surface area contributed by atoms with Crippen LogP contribution in [0.2, 0.25) is 0 Å². The Morgan fingerprint density at radius 1 is 1.42 bits per heavy atom. The van der Waals surface area contributed by atoms with Gasteiger partial charge in [-0.2, -0.15) is 13.2 Å². The lowest BCUT2D eigenvalue weighted by Crippen LogP contribution is -2.43. The highest BCUT2D eigenvalue weighted by Crippen LogP contribution is 2.36. The largest absolute Gasteiger partial charge is 0.421 e. The van der Waals surface area contributed by atoms with Crippen LogP contribution in [0.5, 0.6) is 0 Å². The summed E-state index contributed by atoms with van der Waals surface area (Å²) < 4.78 is 36.5. The first-order chi connectivity index (χ1) is 5.36. The third-order valence-electron chi connectivity index (χ3n) is 1.89.